The number of amides is 2. The van der Waals surface area contributed by atoms with Crippen LogP contribution < -0.4 is 10.6 Å². The SMILES string of the molecule is O=C(O)CC1(NC(=O)c2cc3c(cc2F)NC(=O)CC3)CCCC1. The summed E-state index contributed by atoms with van der Waals surface area (Å²) in [6.45, 7) is 0. The highest BCUT2D eigenvalue weighted by molar-refractivity contribution is 5.98. The molecular weight excluding hydrogens is 315 g/mol. The number of halogens is 1. The Morgan fingerprint density at radius 3 is 2.62 bits per heavy atom. The minimum absolute atomic E-state index is 0.110. The van der Waals surface area contributed by atoms with Crippen molar-refractivity contribution < 1.29 is 23.9 Å². The molecule has 1 aliphatic carbocycles. The molecule has 0 bridgehead atoms. The lowest BCUT2D eigenvalue weighted by Gasteiger charge is -2.29. The summed E-state index contributed by atoms with van der Waals surface area (Å²) in [6, 6.07) is 2.60. The Bertz CT molecular complexity index is 711. The molecule has 1 aromatic carbocycles. The number of benzene rings is 1. The number of hydrogen-bond donors (Lipinski definition) is 3. The smallest absolute Gasteiger partial charge is 0.305 e. The van der Waals surface area contributed by atoms with Crippen LogP contribution in [0.15, 0.2) is 12.1 Å². The van der Waals surface area contributed by atoms with Gasteiger partial charge >= 0.3 is 5.97 Å². The maximum atomic E-state index is 14.3. The highest BCUT2D eigenvalue weighted by atomic mass is 19.1. The van der Waals surface area contributed by atoms with Crippen LogP contribution in [0.2, 0.25) is 0 Å². The first kappa shape index (κ1) is 16.4. The molecule has 1 fully saturated rings. The van der Waals surface area contributed by atoms with Crippen LogP contribution in [0.5, 0.6) is 0 Å². The van der Waals surface area contributed by atoms with E-state index in [9.17, 15) is 18.8 Å². The molecule has 0 saturated heterocycles. The van der Waals surface area contributed by atoms with Crippen LogP contribution in [-0.4, -0.2) is 28.4 Å². The largest absolute Gasteiger partial charge is 0.481 e. The summed E-state index contributed by atoms with van der Waals surface area (Å²) in [5.74, 6) is -2.48. The second kappa shape index (κ2) is 6.22. The number of carboxylic acid groups (broad SMARTS) is 1. The summed E-state index contributed by atoms with van der Waals surface area (Å²) in [7, 11) is 0. The molecule has 1 heterocycles. The lowest BCUT2D eigenvalue weighted by Crippen LogP contribution is -2.48. The van der Waals surface area contributed by atoms with Gasteiger partial charge in [-0.3, -0.25) is 14.4 Å². The number of rotatable bonds is 4. The van der Waals surface area contributed by atoms with Gasteiger partial charge in [0.2, 0.25) is 5.91 Å². The third kappa shape index (κ3) is 3.25. The van der Waals surface area contributed by atoms with E-state index in [1.165, 1.54) is 6.07 Å². The van der Waals surface area contributed by atoms with E-state index >= 15 is 0 Å². The molecule has 2 amide bonds. The highest BCUT2D eigenvalue weighted by Crippen LogP contribution is 2.33. The van der Waals surface area contributed by atoms with Crippen LogP contribution in [0.25, 0.3) is 0 Å². The predicted molar refractivity (Wildman–Crippen MR) is 84.3 cm³/mol. The number of fused-ring (bicyclic) bond motifs is 1. The average Bonchev–Trinajstić information content (AvgIpc) is 2.93. The molecule has 0 atom stereocenters. The molecule has 6 nitrogen and oxygen atoms in total. The molecular formula is C17H19FN2O4. The second-order valence-electron chi connectivity index (χ2n) is 6.55. The highest BCUT2D eigenvalue weighted by Gasteiger charge is 2.38. The molecule has 3 rings (SSSR count). The van der Waals surface area contributed by atoms with Crippen molar-refractivity contribution in [2.75, 3.05) is 5.32 Å². The lowest BCUT2D eigenvalue weighted by molar-refractivity contribution is -0.138. The molecule has 1 aromatic rings. The Kier molecular flexibility index (Phi) is 4.26. The van der Waals surface area contributed by atoms with Crippen LogP contribution in [0.4, 0.5) is 10.1 Å². The van der Waals surface area contributed by atoms with Crippen molar-refractivity contribution in [3.05, 3.63) is 29.1 Å². The maximum Gasteiger partial charge on any atom is 0.305 e. The molecule has 3 N–H and O–H groups in total. The van der Waals surface area contributed by atoms with Gasteiger partial charge in [-0.2, -0.15) is 0 Å². The van der Waals surface area contributed by atoms with Gasteiger partial charge in [0, 0.05) is 12.1 Å². The zero-order valence-corrected chi connectivity index (χ0v) is 13.2. The number of hydrogen-bond acceptors (Lipinski definition) is 3. The van der Waals surface area contributed by atoms with E-state index in [1.54, 1.807) is 0 Å². The average molecular weight is 334 g/mol. The number of carboxylic acids is 1. The van der Waals surface area contributed by atoms with Gasteiger partial charge in [0.15, 0.2) is 0 Å². The van der Waals surface area contributed by atoms with Crippen molar-refractivity contribution in [2.45, 2.75) is 50.5 Å². The van der Waals surface area contributed by atoms with Crippen molar-refractivity contribution in [1.29, 1.82) is 0 Å². The van der Waals surface area contributed by atoms with E-state index in [-0.39, 0.29) is 17.9 Å². The quantitative estimate of drug-likeness (QED) is 0.787. The predicted octanol–water partition coefficient (Wildman–Crippen LogP) is 2.23. The summed E-state index contributed by atoms with van der Waals surface area (Å²) in [5.41, 5.74) is 0.183. The van der Waals surface area contributed by atoms with E-state index in [2.05, 4.69) is 10.6 Å². The Hall–Kier alpha value is -2.44. The molecule has 0 spiro atoms. The summed E-state index contributed by atoms with van der Waals surface area (Å²) in [5, 5.41) is 14.4. The first-order chi connectivity index (χ1) is 11.4. The van der Waals surface area contributed by atoms with Gasteiger partial charge < -0.3 is 15.7 Å². The van der Waals surface area contributed by atoms with E-state index in [4.69, 9.17) is 5.11 Å². The Morgan fingerprint density at radius 2 is 1.96 bits per heavy atom. The number of nitrogens with one attached hydrogen (secondary N) is 2. The standard InChI is InChI=1S/C17H19FN2O4/c18-12-8-13-10(3-4-14(21)19-13)7-11(12)16(24)20-17(9-15(22)23)5-1-2-6-17/h7-8H,1-6,9H2,(H,19,21)(H,20,24)(H,22,23). The van der Waals surface area contributed by atoms with E-state index < -0.39 is 23.2 Å². The van der Waals surface area contributed by atoms with Crippen molar-refractivity contribution in [1.82, 2.24) is 5.32 Å². The number of carbonyl (C=O) groups excluding carboxylic acids is 2. The molecule has 0 radical (unpaired) electrons. The molecule has 7 heteroatoms. The number of anilines is 1. The fraction of sp³-hybridized carbons (Fsp3) is 0.471. The van der Waals surface area contributed by atoms with Gasteiger partial charge in [-0.1, -0.05) is 12.8 Å². The lowest BCUT2D eigenvalue weighted by atomic mass is 9.92. The molecule has 1 saturated carbocycles. The summed E-state index contributed by atoms with van der Waals surface area (Å²) in [4.78, 5) is 35.0. The van der Waals surface area contributed by atoms with Gasteiger partial charge in [-0.15, -0.1) is 0 Å². The zero-order chi connectivity index (χ0) is 17.3. The monoisotopic (exact) mass is 334 g/mol. The van der Waals surface area contributed by atoms with Gasteiger partial charge in [0.25, 0.3) is 5.91 Å². The normalized spacial score (nSPS) is 18.6. The first-order valence-electron chi connectivity index (χ1n) is 8.05. The summed E-state index contributed by atoms with van der Waals surface area (Å²) >= 11 is 0. The van der Waals surface area contributed by atoms with Crippen LogP contribution in [0.1, 0.15) is 54.4 Å². The van der Waals surface area contributed by atoms with Crippen molar-refractivity contribution in [3.8, 4) is 0 Å². The number of carbonyl (C=O) groups is 3. The van der Waals surface area contributed by atoms with E-state index in [0.29, 0.717) is 36.9 Å². The second-order valence-corrected chi connectivity index (χ2v) is 6.55. The number of aliphatic carboxylic acids is 1. The van der Waals surface area contributed by atoms with Crippen LogP contribution >= 0.6 is 0 Å². The molecule has 0 unspecified atom stereocenters. The Morgan fingerprint density at radius 1 is 1.25 bits per heavy atom. The third-order valence-electron chi connectivity index (χ3n) is 4.76. The van der Waals surface area contributed by atoms with Crippen molar-refractivity contribution in [2.24, 2.45) is 0 Å². The van der Waals surface area contributed by atoms with Gasteiger partial charge in [-0.05, 0) is 37.0 Å². The molecule has 0 aromatic heterocycles. The van der Waals surface area contributed by atoms with Crippen LogP contribution in [0, 0.1) is 5.82 Å². The van der Waals surface area contributed by atoms with E-state index in [0.717, 1.165) is 18.9 Å². The Labute approximate surface area is 138 Å². The van der Waals surface area contributed by atoms with Crippen molar-refractivity contribution >= 4 is 23.5 Å². The molecule has 24 heavy (non-hydrogen) atoms. The molecule has 1 aliphatic heterocycles. The summed E-state index contributed by atoms with van der Waals surface area (Å²) in [6.07, 6.45) is 3.41. The zero-order valence-electron chi connectivity index (χ0n) is 13.2. The first-order valence-corrected chi connectivity index (χ1v) is 8.05. The molecule has 128 valence electrons. The van der Waals surface area contributed by atoms with E-state index in [1.807, 2.05) is 0 Å². The van der Waals surface area contributed by atoms with Gasteiger partial charge in [0.1, 0.15) is 5.82 Å². The van der Waals surface area contributed by atoms with Crippen LogP contribution in [0.3, 0.4) is 0 Å². The van der Waals surface area contributed by atoms with Crippen molar-refractivity contribution in [3.63, 3.8) is 0 Å². The molecule has 2 aliphatic rings. The van der Waals surface area contributed by atoms with Gasteiger partial charge in [0.05, 0.1) is 17.5 Å². The topological polar surface area (TPSA) is 95.5 Å². The minimum atomic E-state index is -0.981. The summed E-state index contributed by atoms with van der Waals surface area (Å²) < 4.78 is 14.3. The third-order valence-corrected chi connectivity index (χ3v) is 4.76. The number of aryl methyl sites for hydroxylation is 1. The Balaban J connectivity index is 1.84. The fourth-order valence-electron chi connectivity index (χ4n) is 3.57. The van der Waals surface area contributed by atoms with Gasteiger partial charge in [-0.25, -0.2) is 4.39 Å². The maximum absolute atomic E-state index is 14.3. The van der Waals surface area contributed by atoms with Crippen LogP contribution in [-0.2, 0) is 16.0 Å². The minimum Gasteiger partial charge on any atom is -0.481 e. The fourth-order valence-corrected chi connectivity index (χ4v) is 3.57.